The molecule has 0 bridgehead atoms. The number of nitrogens with zero attached hydrogens (tertiary/aromatic N) is 3. The normalized spacial score (nSPS) is 10.1. The van der Waals surface area contributed by atoms with E-state index in [0.29, 0.717) is 0 Å². The molecule has 9 heteroatoms. The fraction of sp³-hybridized carbons (Fsp3) is 0. The van der Waals surface area contributed by atoms with Gasteiger partial charge in [0.25, 0.3) is 5.88 Å². The number of carboxylic acid groups (broad SMARTS) is 1. The molecule has 0 unspecified atom stereocenters. The number of aromatic carboxylic acids is 1. The second-order valence-corrected chi connectivity index (χ2v) is 3.92. The molecule has 1 heterocycles. The summed E-state index contributed by atoms with van der Waals surface area (Å²) in [4.78, 5) is 28.4. The zero-order valence-electron chi connectivity index (χ0n) is 9.69. The van der Waals surface area contributed by atoms with Crippen LogP contribution in [0.3, 0.4) is 0 Å². The van der Waals surface area contributed by atoms with Crippen LogP contribution < -0.4 is 4.74 Å². The number of aromatic nitrogens is 2. The van der Waals surface area contributed by atoms with Gasteiger partial charge in [0, 0.05) is 29.5 Å². The van der Waals surface area contributed by atoms with Crippen LogP contribution in [0.15, 0.2) is 30.6 Å². The van der Waals surface area contributed by atoms with Crippen molar-refractivity contribution in [1.82, 2.24) is 9.97 Å². The van der Waals surface area contributed by atoms with Gasteiger partial charge in [-0.25, -0.2) is 14.8 Å². The highest BCUT2D eigenvalue weighted by Gasteiger charge is 2.20. The summed E-state index contributed by atoms with van der Waals surface area (Å²) in [6.07, 6.45) is 2.38. The number of hydrogen-bond acceptors (Lipinski definition) is 6. The van der Waals surface area contributed by atoms with Gasteiger partial charge in [-0.1, -0.05) is 11.6 Å². The maximum Gasteiger partial charge on any atom is 0.360 e. The Bertz CT molecular complexity index is 692. The van der Waals surface area contributed by atoms with Crippen molar-refractivity contribution in [1.29, 1.82) is 0 Å². The Morgan fingerprint density at radius 2 is 2.05 bits per heavy atom. The fourth-order valence-corrected chi connectivity index (χ4v) is 1.53. The van der Waals surface area contributed by atoms with E-state index in [9.17, 15) is 14.9 Å². The van der Waals surface area contributed by atoms with Gasteiger partial charge < -0.3 is 9.84 Å². The second kappa shape index (κ2) is 5.49. The number of nitro benzene ring substituents is 1. The predicted molar refractivity (Wildman–Crippen MR) is 67.2 cm³/mol. The van der Waals surface area contributed by atoms with Gasteiger partial charge in [-0.2, -0.15) is 0 Å². The van der Waals surface area contributed by atoms with Crippen LogP contribution in [0.25, 0.3) is 0 Å². The average Bonchev–Trinajstić information content (AvgIpc) is 2.38. The molecule has 0 saturated carbocycles. The van der Waals surface area contributed by atoms with Crippen molar-refractivity contribution in [2.75, 3.05) is 0 Å². The topological polar surface area (TPSA) is 115 Å². The number of rotatable bonds is 4. The molecule has 0 radical (unpaired) electrons. The third-order valence-corrected chi connectivity index (χ3v) is 2.43. The van der Waals surface area contributed by atoms with Crippen molar-refractivity contribution in [2.45, 2.75) is 0 Å². The lowest BCUT2D eigenvalue weighted by Crippen LogP contribution is -2.05. The molecule has 20 heavy (non-hydrogen) atoms. The summed E-state index contributed by atoms with van der Waals surface area (Å²) in [5.41, 5.74) is -0.821. The molecule has 2 rings (SSSR count). The molecule has 1 aromatic carbocycles. The Morgan fingerprint density at radius 1 is 1.35 bits per heavy atom. The smallest absolute Gasteiger partial charge is 0.360 e. The van der Waals surface area contributed by atoms with Crippen molar-refractivity contribution < 1.29 is 19.6 Å². The van der Waals surface area contributed by atoms with E-state index in [4.69, 9.17) is 21.4 Å². The van der Waals surface area contributed by atoms with Crippen LogP contribution >= 0.6 is 11.6 Å². The molecular formula is C11H6ClN3O5. The highest BCUT2D eigenvalue weighted by molar-refractivity contribution is 6.30. The summed E-state index contributed by atoms with van der Waals surface area (Å²) >= 11 is 5.74. The Balaban J connectivity index is 2.47. The number of carbonyl (C=O) groups is 1. The van der Waals surface area contributed by atoms with Gasteiger partial charge in [-0.15, -0.1) is 0 Å². The minimum Gasteiger partial charge on any atom is -0.476 e. The lowest BCUT2D eigenvalue weighted by atomic mass is 10.3. The van der Waals surface area contributed by atoms with Crippen LogP contribution in [-0.4, -0.2) is 26.0 Å². The van der Waals surface area contributed by atoms with Gasteiger partial charge in [-0.05, 0) is 6.07 Å². The van der Waals surface area contributed by atoms with Gasteiger partial charge in [0.1, 0.15) is 0 Å². The molecule has 102 valence electrons. The molecule has 0 atom stereocenters. The number of carboxylic acids is 1. The number of nitro groups is 1. The van der Waals surface area contributed by atoms with Crippen LogP contribution in [0.1, 0.15) is 10.5 Å². The summed E-state index contributed by atoms with van der Waals surface area (Å²) in [7, 11) is 0. The first-order valence-corrected chi connectivity index (χ1v) is 5.53. The monoisotopic (exact) mass is 295 g/mol. The third kappa shape index (κ3) is 2.81. The van der Waals surface area contributed by atoms with Crippen molar-refractivity contribution in [3.8, 4) is 11.6 Å². The number of hydrogen-bond donors (Lipinski definition) is 1. The quantitative estimate of drug-likeness (QED) is 0.680. The highest BCUT2D eigenvalue weighted by atomic mass is 35.5. The van der Waals surface area contributed by atoms with E-state index in [0.717, 1.165) is 6.07 Å². The first-order valence-electron chi connectivity index (χ1n) is 5.15. The van der Waals surface area contributed by atoms with Gasteiger partial charge in [0.15, 0.2) is 0 Å². The summed E-state index contributed by atoms with van der Waals surface area (Å²) in [6, 6.07) is 3.66. The Kier molecular flexibility index (Phi) is 3.76. The van der Waals surface area contributed by atoms with Crippen molar-refractivity contribution in [3.63, 3.8) is 0 Å². The average molecular weight is 296 g/mol. The van der Waals surface area contributed by atoms with Gasteiger partial charge in [0.05, 0.1) is 4.92 Å². The SMILES string of the molecule is O=C(O)c1nccnc1Oc1cc(Cl)ccc1[N+](=O)[O-]. The lowest BCUT2D eigenvalue weighted by Gasteiger charge is -2.07. The fourth-order valence-electron chi connectivity index (χ4n) is 1.37. The van der Waals surface area contributed by atoms with E-state index < -0.39 is 16.6 Å². The van der Waals surface area contributed by atoms with E-state index in [2.05, 4.69) is 9.97 Å². The van der Waals surface area contributed by atoms with Crippen LogP contribution in [0.2, 0.25) is 5.02 Å². The minimum atomic E-state index is -1.36. The van der Waals surface area contributed by atoms with Crippen molar-refractivity contribution >= 4 is 23.3 Å². The van der Waals surface area contributed by atoms with Crippen molar-refractivity contribution in [3.05, 3.63) is 51.4 Å². The number of halogens is 1. The molecule has 0 aliphatic heterocycles. The zero-order valence-corrected chi connectivity index (χ0v) is 10.4. The summed E-state index contributed by atoms with van der Waals surface area (Å²) < 4.78 is 5.16. The van der Waals surface area contributed by atoms with E-state index in [1.54, 1.807) is 0 Å². The van der Waals surface area contributed by atoms with Gasteiger partial charge >= 0.3 is 11.7 Å². The number of ether oxygens (including phenoxy) is 1. The molecular weight excluding hydrogens is 290 g/mol. The molecule has 0 spiro atoms. The first kappa shape index (κ1) is 13.7. The molecule has 0 saturated heterocycles. The Labute approximate surface area is 116 Å². The molecule has 0 aliphatic carbocycles. The van der Waals surface area contributed by atoms with Crippen LogP contribution in [-0.2, 0) is 0 Å². The first-order chi connectivity index (χ1) is 9.49. The maximum atomic E-state index is 11.0. The van der Waals surface area contributed by atoms with Gasteiger partial charge in [-0.3, -0.25) is 10.1 Å². The standard InChI is InChI=1S/C11H6ClN3O5/c12-6-1-2-7(15(18)19)8(5-6)20-10-9(11(16)17)13-3-4-14-10/h1-5H,(H,16,17). The third-order valence-electron chi connectivity index (χ3n) is 2.19. The van der Waals surface area contributed by atoms with Crippen LogP contribution in [0.5, 0.6) is 11.6 Å². The minimum absolute atomic E-state index is 0.200. The van der Waals surface area contributed by atoms with E-state index >= 15 is 0 Å². The molecule has 0 amide bonds. The molecule has 1 N–H and O–H groups in total. The van der Waals surface area contributed by atoms with E-state index in [1.807, 2.05) is 0 Å². The summed E-state index contributed by atoms with van der Waals surface area (Å²) in [5.74, 6) is -1.94. The Morgan fingerprint density at radius 3 is 2.70 bits per heavy atom. The lowest BCUT2D eigenvalue weighted by molar-refractivity contribution is -0.385. The molecule has 8 nitrogen and oxygen atoms in total. The largest absolute Gasteiger partial charge is 0.476 e. The molecule has 0 fully saturated rings. The highest BCUT2D eigenvalue weighted by Crippen LogP contribution is 2.33. The van der Waals surface area contributed by atoms with Crippen LogP contribution in [0, 0.1) is 10.1 Å². The van der Waals surface area contributed by atoms with Crippen molar-refractivity contribution in [2.24, 2.45) is 0 Å². The summed E-state index contributed by atoms with van der Waals surface area (Å²) in [5, 5.41) is 20.0. The number of benzene rings is 1. The predicted octanol–water partition coefficient (Wildman–Crippen LogP) is 2.53. The summed E-state index contributed by atoms with van der Waals surface area (Å²) in [6.45, 7) is 0. The van der Waals surface area contributed by atoms with E-state index in [1.165, 1.54) is 24.5 Å². The zero-order chi connectivity index (χ0) is 14.7. The second-order valence-electron chi connectivity index (χ2n) is 3.49. The van der Waals surface area contributed by atoms with Crippen LogP contribution in [0.4, 0.5) is 5.69 Å². The molecule has 0 aliphatic rings. The van der Waals surface area contributed by atoms with Gasteiger partial charge in [0.2, 0.25) is 11.4 Å². The molecule has 2 aromatic rings. The van der Waals surface area contributed by atoms with E-state index in [-0.39, 0.29) is 22.3 Å². The maximum absolute atomic E-state index is 11.0. The molecule has 1 aromatic heterocycles. The Hall–Kier alpha value is -2.74.